The second-order valence-corrected chi connectivity index (χ2v) is 3.95. The first-order valence-electron chi connectivity index (χ1n) is 6.43. The van der Waals surface area contributed by atoms with E-state index in [1.54, 1.807) is 6.08 Å². The lowest BCUT2D eigenvalue weighted by atomic mass is 10.1. The van der Waals surface area contributed by atoms with Crippen LogP contribution in [-0.4, -0.2) is 11.1 Å². The van der Waals surface area contributed by atoms with Gasteiger partial charge >= 0.3 is 5.97 Å². The van der Waals surface area contributed by atoms with Gasteiger partial charge in [-0.2, -0.15) is 0 Å². The van der Waals surface area contributed by atoms with E-state index < -0.39 is 5.97 Å². The Morgan fingerprint density at radius 1 is 1.06 bits per heavy atom. The Kier molecular flexibility index (Phi) is 10.3. The van der Waals surface area contributed by atoms with Gasteiger partial charge in [-0.05, 0) is 38.5 Å². The number of hydrogen-bond acceptors (Lipinski definition) is 1. The van der Waals surface area contributed by atoms with Crippen molar-refractivity contribution in [3.63, 3.8) is 0 Å². The molecule has 0 heterocycles. The van der Waals surface area contributed by atoms with Crippen LogP contribution in [0.5, 0.6) is 0 Å². The van der Waals surface area contributed by atoms with Crippen molar-refractivity contribution in [1.82, 2.24) is 0 Å². The summed E-state index contributed by atoms with van der Waals surface area (Å²) in [7, 11) is 0. The van der Waals surface area contributed by atoms with E-state index in [-0.39, 0.29) is 0 Å². The maximum atomic E-state index is 10.2. The summed E-state index contributed by atoms with van der Waals surface area (Å²) in [5.41, 5.74) is 1.47. The summed E-state index contributed by atoms with van der Waals surface area (Å²) in [6, 6.07) is 0. The van der Waals surface area contributed by atoms with Crippen LogP contribution >= 0.6 is 0 Å². The zero-order valence-electron chi connectivity index (χ0n) is 11.0. The Morgan fingerprint density at radius 2 is 1.82 bits per heavy atom. The van der Waals surface area contributed by atoms with Crippen LogP contribution < -0.4 is 0 Å². The molecule has 2 heteroatoms. The highest BCUT2D eigenvalue weighted by atomic mass is 16.4. The number of allylic oxidation sites excluding steroid dienone is 5. The van der Waals surface area contributed by atoms with Crippen LogP contribution in [0.3, 0.4) is 0 Å². The molecule has 0 fully saturated rings. The fourth-order valence-corrected chi connectivity index (χ4v) is 1.54. The minimum absolute atomic E-state index is 0.806. The molecule has 0 bridgehead atoms. The molecule has 0 aromatic heterocycles. The third kappa shape index (κ3) is 11.0. The van der Waals surface area contributed by atoms with Gasteiger partial charge in [0.05, 0.1) is 0 Å². The molecule has 0 unspecified atom stereocenters. The molecular weight excluding hydrogens is 212 g/mol. The van der Waals surface area contributed by atoms with Crippen molar-refractivity contribution in [2.75, 3.05) is 0 Å². The van der Waals surface area contributed by atoms with E-state index in [2.05, 4.69) is 32.1 Å². The first-order chi connectivity index (χ1) is 8.20. The van der Waals surface area contributed by atoms with Crippen LogP contribution in [0.15, 0.2) is 36.0 Å². The second kappa shape index (κ2) is 11.2. The van der Waals surface area contributed by atoms with Crippen LogP contribution in [0.25, 0.3) is 0 Å². The topological polar surface area (TPSA) is 37.3 Å². The van der Waals surface area contributed by atoms with Crippen molar-refractivity contribution in [1.29, 1.82) is 0 Å². The summed E-state index contributed by atoms with van der Waals surface area (Å²) in [6.45, 7) is 4.31. The van der Waals surface area contributed by atoms with Gasteiger partial charge in [0.2, 0.25) is 0 Å². The number of rotatable bonds is 9. The average Bonchev–Trinajstić information content (AvgIpc) is 2.31. The number of hydrogen-bond donors (Lipinski definition) is 1. The minimum atomic E-state index is -0.866. The van der Waals surface area contributed by atoms with E-state index in [9.17, 15) is 4.79 Å². The molecule has 96 valence electrons. The third-order valence-electron chi connectivity index (χ3n) is 2.52. The first-order valence-corrected chi connectivity index (χ1v) is 6.43. The van der Waals surface area contributed by atoms with E-state index in [1.165, 1.54) is 11.6 Å². The predicted octanol–water partition coefficient (Wildman–Crippen LogP) is 4.49. The Morgan fingerprint density at radius 3 is 2.41 bits per heavy atom. The number of unbranched alkanes of at least 4 members (excludes halogenated alkanes) is 1. The fourth-order valence-electron chi connectivity index (χ4n) is 1.54. The number of carboxylic acid groups (broad SMARTS) is 1. The van der Waals surface area contributed by atoms with E-state index in [0.717, 1.165) is 38.5 Å². The molecule has 0 saturated heterocycles. The molecular formula is C15H24O2. The van der Waals surface area contributed by atoms with Crippen molar-refractivity contribution in [3.8, 4) is 0 Å². The molecule has 0 aromatic rings. The summed E-state index contributed by atoms with van der Waals surface area (Å²) >= 11 is 0. The quantitative estimate of drug-likeness (QED) is 0.364. The van der Waals surface area contributed by atoms with Gasteiger partial charge in [0, 0.05) is 6.08 Å². The zero-order valence-corrected chi connectivity index (χ0v) is 11.0. The van der Waals surface area contributed by atoms with Gasteiger partial charge in [-0.15, -0.1) is 0 Å². The van der Waals surface area contributed by atoms with Gasteiger partial charge in [-0.1, -0.05) is 43.7 Å². The number of carboxylic acids is 1. The Balaban J connectivity index is 3.84. The molecule has 0 aromatic carbocycles. The van der Waals surface area contributed by atoms with Gasteiger partial charge in [0.25, 0.3) is 0 Å². The molecule has 0 amide bonds. The highest BCUT2D eigenvalue weighted by molar-refractivity contribution is 5.79. The molecule has 0 rings (SSSR count). The first kappa shape index (κ1) is 15.7. The maximum absolute atomic E-state index is 10.2. The fraction of sp³-hybridized carbons (Fsp3) is 0.533. The van der Waals surface area contributed by atoms with Crippen LogP contribution in [0.1, 0.15) is 52.4 Å². The van der Waals surface area contributed by atoms with Crippen molar-refractivity contribution in [2.45, 2.75) is 52.4 Å². The SMILES string of the molecule is CCC=CCCC(=CCCC=CC(=O)O)CC. The lowest BCUT2D eigenvalue weighted by Gasteiger charge is -2.01. The van der Waals surface area contributed by atoms with Crippen molar-refractivity contribution < 1.29 is 9.90 Å². The van der Waals surface area contributed by atoms with Gasteiger partial charge in [-0.25, -0.2) is 4.79 Å². The molecule has 0 saturated carbocycles. The summed E-state index contributed by atoms with van der Waals surface area (Å²) in [5.74, 6) is -0.866. The molecule has 1 N–H and O–H groups in total. The summed E-state index contributed by atoms with van der Waals surface area (Å²) < 4.78 is 0. The minimum Gasteiger partial charge on any atom is -0.478 e. The average molecular weight is 236 g/mol. The van der Waals surface area contributed by atoms with Crippen LogP contribution in [0.4, 0.5) is 0 Å². The van der Waals surface area contributed by atoms with Gasteiger partial charge in [-0.3, -0.25) is 0 Å². The van der Waals surface area contributed by atoms with Crippen molar-refractivity contribution in [3.05, 3.63) is 36.0 Å². The Labute approximate surface area is 105 Å². The summed E-state index contributed by atoms with van der Waals surface area (Å²) in [4.78, 5) is 10.2. The second-order valence-electron chi connectivity index (χ2n) is 3.95. The third-order valence-corrected chi connectivity index (χ3v) is 2.52. The molecule has 0 radical (unpaired) electrons. The standard InChI is InChI=1S/C15H24O2/c1-3-5-6-8-11-14(4-2)12-9-7-10-13-15(16)17/h5-6,10,12-13H,3-4,7-9,11H2,1-2H3,(H,16,17). The van der Waals surface area contributed by atoms with E-state index in [1.807, 2.05) is 0 Å². The zero-order chi connectivity index (χ0) is 12.9. The van der Waals surface area contributed by atoms with Crippen LogP contribution in [0.2, 0.25) is 0 Å². The smallest absolute Gasteiger partial charge is 0.327 e. The van der Waals surface area contributed by atoms with E-state index in [0.29, 0.717) is 0 Å². The van der Waals surface area contributed by atoms with Gasteiger partial charge in [0.1, 0.15) is 0 Å². The normalized spacial score (nSPS) is 12.7. The summed E-state index contributed by atoms with van der Waals surface area (Å²) in [5, 5.41) is 8.42. The van der Waals surface area contributed by atoms with E-state index in [4.69, 9.17) is 5.11 Å². The number of aliphatic carboxylic acids is 1. The molecule has 2 nitrogen and oxygen atoms in total. The van der Waals surface area contributed by atoms with Crippen LogP contribution in [-0.2, 0) is 4.79 Å². The van der Waals surface area contributed by atoms with Crippen molar-refractivity contribution >= 4 is 5.97 Å². The molecule has 0 aliphatic heterocycles. The highest BCUT2D eigenvalue weighted by Crippen LogP contribution is 2.12. The largest absolute Gasteiger partial charge is 0.478 e. The molecule has 17 heavy (non-hydrogen) atoms. The molecule has 0 spiro atoms. The summed E-state index contributed by atoms with van der Waals surface area (Å²) in [6.07, 6.45) is 15.8. The monoisotopic (exact) mass is 236 g/mol. The lowest BCUT2D eigenvalue weighted by molar-refractivity contribution is -0.131. The number of carbonyl (C=O) groups is 1. The van der Waals surface area contributed by atoms with Gasteiger partial charge < -0.3 is 5.11 Å². The molecule has 0 atom stereocenters. The van der Waals surface area contributed by atoms with Crippen LogP contribution in [0, 0.1) is 0 Å². The lowest BCUT2D eigenvalue weighted by Crippen LogP contribution is -1.85. The molecule has 0 aliphatic carbocycles. The van der Waals surface area contributed by atoms with Gasteiger partial charge in [0.15, 0.2) is 0 Å². The van der Waals surface area contributed by atoms with Crippen molar-refractivity contribution in [2.24, 2.45) is 0 Å². The predicted molar refractivity (Wildman–Crippen MR) is 73.0 cm³/mol. The Bertz CT molecular complexity index is 285. The Hall–Kier alpha value is -1.31. The molecule has 0 aliphatic rings. The highest BCUT2D eigenvalue weighted by Gasteiger charge is 1.92. The van der Waals surface area contributed by atoms with E-state index >= 15 is 0 Å². The maximum Gasteiger partial charge on any atom is 0.327 e.